The van der Waals surface area contributed by atoms with Gasteiger partial charge in [-0.15, -0.1) is 11.3 Å². The highest BCUT2D eigenvalue weighted by Crippen LogP contribution is 2.35. The van der Waals surface area contributed by atoms with Crippen molar-refractivity contribution in [2.75, 3.05) is 11.9 Å². The highest BCUT2D eigenvalue weighted by molar-refractivity contribution is 7.13. The van der Waals surface area contributed by atoms with Crippen LogP contribution in [0.5, 0.6) is 0 Å². The Bertz CT molecular complexity index is 819. The monoisotopic (exact) mass is 410 g/mol. The van der Waals surface area contributed by atoms with Gasteiger partial charge in [-0.25, -0.2) is 4.98 Å². The molecular formula is C14H14ClF3N4O3S. The minimum absolute atomic E-state index is 0.0243. The van der Waals surface area contributed by atoms with E-state index in [4.69, 9.17) is 16.3 Å². The van der Waals surface area contributed by atoms with E-state index in [0.717, 1.165) is 16.0 Å². The third-order valence-electron chi connectivity index (χ3n) is 3.12. The van der Waals surface area contributed by atoms with Crippen LogP contribution in [0.4, 0.5) is 18.3 Å². The van der Waals surface area contributed by atoms with Crippen molar-refractivity contribution in [3.8, 4) is 0 Å². The fourth-order valence-electron chi connectivity index (χ4n) is 1.96. The summed E-state index contributed by atoms with van der Waals surface area (Å²) >= 11 is 6.71. The molecule has 0 fully saturated rings. The molecule has 26 heavy (non-hydrogen) atoms. The first kappa shape index (κ1) is 20.2. The van der Waals surface area contributed by atoms with Crippen LogP contribution in [0.25, 0.3) is 0 Å². The van der Waals surface area contributed by atoms with Gasteiger partial charge in [-0.2, -0.15) is 18.3 Å². The SMILES string of the molecule is CCOC(=O)Cc1csc(NC(=O)Cn2nc(C(F)(F)F)c(Cl)c2C)n1. The number of esters is 1. The van der Waals surface area contributed by atoms with E-state index in [0.29, 0.717) is 5.69 Å². The van der Waals surface area contributed by atoms with Crippen molar-refractivity contribution in [2.24, 2.45) is 0 Å². The lowest BCUT2D eigenvalue weighted by molar-refractivity contribution is -0.142. The van der Waals surface area contributed by atoms with Gasteiger partial charge in [-0.3, -0.25) is 14.3 Å². The molecule has 2 aromatic heterocycles. The molecule has 0 aromatic carbocycles. The largest absolute Gasteiger partial charge is 0.466 e. The van der Waals surface area contributed by atoms with Gasteiger partial charge < -0.3 is 10.1 Å². The quantitative estimate of drug-likeness (QED) is 0.740. The number of carbonyl (C=O) groups is 2. The number of ether oxygens (including phenoxy) is 1. The standard InChI is InChI=1S/C14H14ClF3N4O3S/c1-3-25-10(24)4-8-6-26-13(19-8)20-9(23)5-22-7(2)11(15)12(21-22)14(16,17)18/h6H,3-5H2,1-2H3,(H,19,20,23). The van der Waals surface area contributed by atoms with Crippen LogP contribution in [-0.2, 0) is 33.5 Å². The molecule has 0 saturated heterocycles. The smallest absolute Gasteiger partial charge is 0.436 e. The van der Waals surface area contributed by atoms with Crippen molar-refractivity contribution in [1.82, 2.24) is 14.8 Å². The second-order valence-electron chi connectivity index (χ2n) is 5.08. The zero-order valence-corrected chi connectivity index (χ0v) is 15.3. The number of rotatable bonds is 6. The van der Waals surface area contributed by atoms with Crippen LogP contribution in [0.3, 0.4) is 0 Å². The Labute approximate surface area is 155 Å². The second-order valence-corrected chi connectivity index (χ2v) is 6.31. The summed E-state index contributed by atoms with van der Waals surface area (Å²) < 4.78 is 44.0. The van der Waals surface area contributed by atoms with Gasteiger partial charge in [0.2, 0.25) is 5.91 Å². The molecule has 0 radical (unpaired) electrons. The van der Waals surface area contributed by atoms with Gasteiger partial charge >= 0.3 is 12.1 Å². The van der Waals surface area contributed by atoms with Crippen molar-refractivity contribution in [1.29, 1.82) is 0 Å². The molecule has 0 aliphatic rings. The van der Waals surface area contributed by atoms with Gasteiger partial charge in [-0.05, 0) is 13.8 Å². The molecule has 0 spiro atoms. The second kappa shape index (κ2) is 8.04. The molecule has 7 nitrogen and oxygen atoms in total. The predicted octanol–water partition coefficient (Wildman–Crippen LogP) is 3.06. The Balaban J connectivity index is 2.02. The summed E-state index contributed by atoms with van der Waals surface area (Å²) in [6.45, 7) is 2.80. The van der Waals surface area contributed by atoms with Crippen LogP contribution in [0, 0.1) is 6.92 Å². The maximum absolute atomic E-state index is 12.8. The zero-order valence-electron chi connectivity index (χ0n) is 13.7. The molecular weight excluding hydrogens is 397 g/mol. The van der Waals surface area contributed by atoms with Crippen LogP contribution < -0.4 is 5.32 Å². The molecule has 1 N–H and O–H groups in total. The number of hydrogen-bond acceptors (Lipinski definition) is 6. The number of nitrogens with one attached hydrogen (secondary N) is 1. The van der Waals surface area contributed by atoms with Gasteiger partial charge in [0.1, 0.15) is 6.54 Å². The van der Waals surface area contributed by atoms with Crippen LogP contribution in [0.15, 0.2) is 5.38 Å². The van der Waals surface area contributed by atoms with E-state index < -0.39 is 35.3 Å². The molecule has 2 heterocycles. The molecule has 0 aliphatic heterocycles. The number of carbonyl (C=O) groups excluding carboxylic acids is 2. The molecule has 0 atom stereocenters. The minimum Gasteiger partial charge on any atom is -0.466 e. The van der Waals surface area contributed by atoms with Gasteiger partial charge in [0, 0.05) is 5.38 Å². The predicted molar refractivity (Wildman–Crippen MR) is 88.1 cm³/mol. The first-order valence-corrected chi connectivity index (χ1v) is 8.57. The Hall–Kier alpha value is -2.14. The van der Waals surface area contributed by atoms with Crippen molar-refractivity contribution in [2.45, 2.75) is 33.0 Å². The molecule has 0 unspecified atom stereocenters. The fourth-order valence-corrected chi connectivity index (χ4v) is 2.93. The van der Waals surface area contributed by atoms with E-state index in [1.807, 2.05) is 0 Å². The summed E-state index contributed by atoms with van der Waals surface area (Å²) in [5.41, 5.74) is -0.798. The van der Waals surface area contributed by atoms with E-state index in [1.165, 1.54) is 6.92 Å². The van der Waals surface area contributed by atoms with Crippen LogP contribution in [0.1, 0.15) is 24.0 Å². The number of hydrogen-bond donors (Lipinski definition) is 1. The molecule has 1 amide bonds. The number of alkyl halides is 3. The summed E-state index contributed by atoms with van der Waals surface area (Å²) in [6.07, 6.45) is -4.75. The van der Waals surface area contributed by atoms with Crippen molar-refractivity contribution < 1.29 is 27.5 Å². The Morgan fingerprint density at radius 2 is 2.12 bits per heavy atom. The lowest BCUT2D eigenvalue weighted by atomic mass is 10.3. The van der Waals surface area contributed by atoms with Crippen LogP contribution in [0.2, 0.25) is 5.02 Å². The van der Waals surface area contributed by atoms with E-state index in [-0.39, 0.29) is 23.9 Å². The first-order chi connectivity index (χ1) is 12.1. The number of anilines is 1. The van der Waals surface area contributed by atoms with Crippen molar-refractivity contribution in [3.05, 3.63) is 27.5 Å². The fraction of sp³-hybridized carbons (Fsp3) is 0.429. The molecule has 0 aliphatic carbocycles. The lowest BCUT2D eigenvalue weighted by Gasteiger charge is -2.04. The van der Waals surface area contributed by atoms with E-state index in [1.54, 1.807) is 12.3 Å². The number of halogens is 4. The van der Waals surface area contributed by atoms with Crippen molar-refractivity contribution >= 4 is 39.9 Å². The number of thiazole rings is 1. The maximum Gasteiger partial charge on any atom is 0.436 e. The molecule has 0 saturated carbocycles. The molecule has 142 valence electrons. The third-order valence-corrected chi connectivity index (χ3v) is 4.38. The molecule has 2 rings (SSSR count). The molecule has 0 bridgehead atoms. The third kappa shape index (κ3) is 4.94. The van der Waals surface area contributed by atoms with E-state index in [9.17, 15) is 22.8 Å². The summed E-state index contributed by atoms with van der Waals surface area (Å²) in [5.74, 6) is -1.07. The lowest BCUT2D eigenvalue weighted by Crippen LogP contribution is -2.20. The average molecular weight is 411 g/mol. The summed E-state index contributed by atoms with van der Waals surface area (Å²) in [4.78, 5) is 27.4. The summed E-state index contributed by atoms with van der Waals surface area (Å²) in [7, 11) is 0. The van der Waals surface area contributed by atoms with Gasteiger partial charge in [0.05, 0.1) is 29.4 Å². The van der Waals surface area contributed by atoms with Gasteiger partial charge in [0.15, 0.2) is 10.8 Å². The molecule has 2 aromatic rings. The summed E-state index contributed by atoms with van der Waals surface area (Å²) in [5, 5.41) is 7.03. The number of nitrogens with zero attached hydrogens (tertiary/aromatic N) is 3. The highest BCUT2D eigenvalue weighted by Gasteiger charge is 2.38. The number of amides is 1. The zero-order chi connectivity index (χ0) is 19.5. The van der Waals surface area contributed by atoms with Gasteiger partial charge in [-0.1, -0.05) is 11.6 Å². The Morgan fingerprint density at radius 3 is 2.69 bits per heavy atom. The Kier molecular flexibility index (Phi) is 6.24. The van der Waals surface area contributed by atoms with E-state index in [2.05, 4.69) is 15.4 Å². The summed E-state index contributed by atoms with van der Waals surface area (Å²) in [6, 6.07) is 0. The topological polar surface area (TPSA) is 86.1 Å². The first-order valence-electron chi connectivity index (χ1n) is 7.31. The normalized spacial score (nSPS) is 11.5. The minimum atomic E-state index is -4.71. The van der Waals surface area contributed by atoms with Crippen molar-refractivity contribution in [3.63, 3.8) is 0 Å². The van der Waals surface area contributed by atoms with Crippen LogP contribution in [-0.4, -0.2) is 33.2 Å². The average Bonchev–Trinajstić information content (AvgIpc) is 3.06. The van der Waals surface area contributed by atoms with Crippen LogP contribution >= 0.6 is 22.9 Å². The Morgan fingerprint density at radius 1 is 1.42 bits per heavy atom. The number of aromatic nitrogens is 3. The van der Waals surface area contributed by atoms with Gasteiger partial charge in [0.25, 0.3) is 0 Å². The van der Waals surface area contributed by atoms with E-state index >= 15 is 0 Å². The maximum atomic E-state index is 12.8. The molecule has 12 heteroatoms. The highest BCUT2D eigenvalue weighted by atomic mass is 35.5.